The van der Waals surface area contributed by atoms with Crippen LogP contribution in [0.1, 0.15) is 0 Å². The monoisotopic (exact) mass is 702 g/mol. The van der Waals surface area contributed by atoms with Crippen molar-refractivity contribution >= 4 is 74.5 Å². The number of fused-ring (bicyclic) bond motifs is 2. The Kier molecular flexibility index (Phi) is 9.14. The Bertz CT molecular complexity index is 2140. The Balaban J connectivity index is 0.000000240. The molecule has 0 aromatic heterocycles. The molecule has 0 saturated carbocycles. The fourth-order valence-electron chi connectivity index (χ4n) is 3.60. The quantitative estimate of drug-likeness (QED) is 0.0936. The number of phenols is 2. The number of nitrogens with two attached hydrogens (primary N) is 2. The minimum Gasteiger partial charge on any atom is -0.507 e. The van der Waals surface area contributed by atoms with Crippen LogP contribution in [0.25, 0.3) is 21.5 Å². The van der Waals surface area contributed by atoms with Gasteiger partial charge in [0.1, 0.15) is 28.7 Å². The fourth-order valence-corrected chi connectivity index (χ4v) is 4.99. The third kappa shape index (κ3) is 9.47. The number of phenolic OH excluding ortho intramolecular Hbond substituents is 2. The first-order valence-corrected chi connectivity index (χ1v) is 16.2. The zero-order valence-electron chi connectivity index (χ0n) is 21.0. The van der Waals surface area contributed by atoms with Crippen molar-refractivity contribution in [3.63, 3.8) is 0 Å². The van der Waals surface area contributed by atoms with Gasteiger partial charge in [-0.05, 0) is 35.7 Å². The second-order valence-corrected chi connectivity index (χ2v) is 12.2. The summed E-state index contributed by atoms with van der Waals surface area (Å²) in [6, 6.07) is 8.07. The highest BCUT2D eigenvalue weighted by molar-refractivity contribution is 7.82. The van der Waals surface area contributed by atoms with E-state index < -0.39 is 70.3 Å². The molecule has 0 heterocycles. The van der Waals surface area contributed by atoms with Crippen LogP contribution in [0.3, 0.4) is 0 Å². The van der Waals surface area contributed by atoms with Crippen molar-refractivity contribution in [2.24, 2.45) is 0 Å². The zero-order valence-corrected chi connectivity index (χ0v) is 24.3. The molecule has 0 fully saturated rings. The van der Waals surface area contributed by atoms with Gasteiger partial charge in [0, 0.05) is 40.3 Å². The number of anilines is 2. The summed E-state index contributed by atoms with van der Waals surface area (Å²) in [6.45, 7) is 0. The number of aromatic hydroxyl groups is 2. The van der Waals surface area contributed by atoms with Gasteiger partial charge in [0.25, 0.3) is 0 Å². The number of rotatable bonds is 8. The van der Waals surface area contributed by atoms with E-state index in [0.717, 1.165) is 42.5 Å². The third-order valence-corrected chi connectivity index (χ3v) is 6.46. The first-order valence-electron chi connectivity index (χ1n) is 10.7. The summed E-state index contributed by atoms with van der Waals surface area (Å²) in [5.74, 6) is -2.84. The molecule has 24 heteroatoms. The molecular weight excluding hydrogens is 684 g/mol. The van der Waals surface area contributed by atoms with E-state index in [1.807, 2.05) is 0 Å². The van der Waals surface area contributed by atoms with Gasteiger partial charge in [-0.1, -0.05) is 0 Å². The van der Waals surface area contributed by atoms with Crippen LogP contribution >= 0.6 is 0 Å². The van der Waals surface area contributed by atoms with Crippen LogP contribution in [0.2, 0.25) is 0 Å². The molecule has 0 aliphatic heterocycles. The molecule has 0 amide bonds. The minimum atomic E-state index is -4.87. The number of benzene rings is 4. The second-order valence-electron chi connectivity index (χ2n) is 8.12. The molecule has 0 bridgehead atoms. The Morgan fingerprint density at radius 2 is 0.909 bits per heavy atom. The largest absolute Gasteiger partial charge is 0.507 e. The number of hydrogen-bond acceptors (Lipinski definition) is 16. The summed E-state index contributed by atoms with van der Waals surface area (Å²) in [4.78, 5) is 0. The van der Waals surface area contributed by atoms with Crippen LogP contribution in [-0.2, 0) is 41.6 Å². The van der Waals surface area contributed by atoms with Crippen molar-refractivity contribution in [2.45, 2.75) is 0 Å². The fraction of sp³-hybridized carbons (Fsp3) is 0. The molecule has 240 valence electrons. The SMILES string of the molecule is Nc1cc(OS(=O)(=O)O)cc2cc(OS(=O)(=O)O)cc(O)c12.Nc1ccc(OS(=O)(=O)O)c2cc(OS(=O)(=O)O)cc(O)c12. The molecule has 0 unspecified atom stereocenters. The van der Waals surface area contributed by atoms with Gasteiger partial charge in [-0.25, -0.2) is 0 Å². The second kappa shape index (κ2) is 11.8. The lowest BCUT2D eigenvalue weighted by Crippen LogP contribution is -2.08. The summed E-state index contributed by atoms with van der Waals surface area (Å²) < 4.78 is 137. The van der Waals surface area contributed by atoms with Crippen LogP contribution in [-0.4, -0.2) is 62.1 Å². The Morgan fingerprint density at radius 1 is 0.500 bits per heavy atom. The smallest absolute Gasteiger partial charge is 0.446 e. The molecule has 4 aromatic rings. The molecular formula is C20H18N2O18S4. The van der Waals surface area contributed by atoms with Crippen LogP contribution in [0.15, 0.2) is 48.5 Å². The predicted octanol–water partition coefficient (Wildman–Crippen LogP) is 0.982. The maximum Gasteiger partial charge on any atom is 0.446 e. The Morgan fingerprint density at radius 3 is 1.36 bits per heavy atom. The van der Waals surface area contributed by atoms with E-state index in [2.05, 4.69) is 16.7 Å². The topological polar surface area (TPSA) is 347 Å². The van der Waals surface area contributed by atoms with E-state index in [-0.39, 0.29) is 38.7 Å². The Hall–Kier alpha value is -4.56. The van der Waals surface area contributed by atoms with Crippen molar-refractivity contribution in [2.75, 3.05) is 11.5 Å². The van der Waals surface area contributed by atoms with Gasteiger partial charge in [0.2, 0.25) is 0 Å². The summed E-state index contributed by atoms with van der Waals surface area (Å²) >= 11 is 0. The molecule has 0 spiro atoms. The van der Waals surface area contributed by atoms with Crippen LogP contribution in [0.4, 0.5) is 11.4 Å². The highest BCUT2D eigenvalue weighted by Crippen LogP contribution is 2.40. The average Bonchev–Trinajstić information content (AvgIpc) is 2.76. The summed E-state index contributed by atoms with van der Waals surface area (Å²) in [5, 5.41) is 19.5. The molecule has 0 atom stereocenters. The molecule has 20 nitrogen and oxygen atoms in total. The van der Waals surface area contributed by atoms with Gasteiger partial charge in [0.05, 0.1) is 5.39 Å². The average molecular weight is 703 g/mol. The summed E-state index contributed by atoms with van der Waals surface area (Å²) in [5.41, 5.74) is 11.2. The van der Waals surface area contributed by atoms with E-state index in [1.165, 1.54) is 6.07 Å². The van der Waals surface area contributed by atoms with Crippen LogP contribution in [0, 0.1) is 0 Å². The molecule has 0 radical (unpaired) electrons. The molecule has 4 rings (SSSR count). The standard InChI is InChI=1S/2C10H9NO9S2/c11-8-3-6(19-21(13,14)15)1-5-2-7(20-22(16,17)18)4-9(12)10(5)8;11-7-1-2-9(20-22(16,17)18)6-3-5(19-21(13,14)15)4-8(12)10(6)7/h2*1-4,12H,11H2,(H,13,14,15)(H,16,17,18). The lowest BCUT2D eigenvalue weighted by Gasteiger charge is -2.11. The predicted molar refractivity (Wildman–Crippen MR) is 149 cm³/mol. The highest BCUT2D eigenvalue weighted by atomic mass is 32.3. The van der Waals surface area contributed by atoms with Gasteiger partial charge in [-0.15, -0.1) is 0 Å². The first kappa shape index (κ1) is 33.9. The maximum absolute atomic E-state index is 10.8. The van der Waals surface area contributed by atoms with Gasteiger partial charge in [-0.2, -0.15) is 33.7 Å². The van der Waals surface area contributed by atoms with E-state index in [0.29, 0.717) is 0 Å². The van der Waals surface area contributed by atoms with Gasteiger partial charge < -0.3 is 38.4 Å². The van der Waals surface area contributed by atoms with Crippen molar-refractivity contribution in [1.29, 1.82) is 0 Å². The van der Waals surface area contributed by atoms with Crippen molar-refractivity contribution in [1.82, 2.24) is 0 Å². The molecule has 0 aliphatic carbocycles. The van der Waals surface area contributed by atoms with Crippen molar-refractivity contribution in [3.05, 3.63) is 48.5 Å². The van der Waals surface area contributed by atoms with Gasteiger partial charge >= 0.3 is 41.6 Å². The summed E-state index contributed by atoms with van der Waals surface area (Å²) in [7, 11) is -19.4. The maximum atomic E-state index is 10.8. The number of nitrogen functional groups attached to an aromatic ring is 2. The van der Waals surface area contributed by atoms with Crippen LogP contribution in [0.5, 0.6) is 34.5 Å². The summed E-state index contributed by atoms with van der Waals surface area (Å²) in [6.07, 6.45) is 0. The first-order chi connectivity index (χ1) is 19.9. The minimum absolute atomic E-state index is 0.0218. The zero-order chi connectivity index (χ0) is 33.4. The molecule has 0 saturated heterocycles. The molecule has 0 aliphatic rings. The molecule has 10 N–H and O–H groups in total. The Labute approximate surface area is 247 Å². The highest BCUT2D eigenvalue weighted by Gasteiger charge is 2.18. The molecule has 44 heavy (non-hydrogen) atoms. The van der Waals surface area contributed by atoms with E-state index in [9.17, 15) is 43.9 Å². The lowest BCUT2D eigenvalue weighted by molar-refractivity contribution is 0.382. The van der Waals surface area contributed by atoms with Gasteiger partial charge in [0.15, 0.2) is 5.75 Å². The normalized spacial score (nSPS) is 12.3. The van der Waals surface area contributed by atoms with E-state index >= 15 is 0 Å². The van der Waals surface area contributed by atoms with Crippen molar-refractivity contribution in [3.8, 4) is 34.5 Å². The third-order valence-electron chi connectivity index (χ3n) is 4.86. The molecule has 4 aromatic carbocycles. The van der Waals surface area contributed by atoms with Crippen molar-refractivity contribution < 1.29 is 78.8 Å². The van der Waals surface area contributed by atoms with Gasteiger partial charge in [-0.3, -0.25) is 18.2 Å². The van der Waals surface area contributed by atoms with Crippen LogP contribution < -0.4 is 28.2 Å². The van der Waals surface area contributed by atoms with E-state index in [1.54, 1.807) is 0 Å². The lowest BCUT2D eigenvalue weighted by atomic mass is 10.1. The number of hydrogen-bond donors (Lipinski definition) is 8. The van der Waals surface area contributed by atoms with E-state index in [4.69, 9.17) is 29.7 Å².